The fraction of sp³-hybridized carbons (Fsp3) is 0.222. The van der Waals surface area contributed by atoms with E-state index in [1.165, 1.54) is 24.3 Å². The summed E-state index contributed by atoms with van der Waals surface area (Å²) in [5, 5.41) is 31.0. The van der Waals surface area contributed by atoms with Gasteiger partial charge in [-0.3, -0.25) is 14.9 Å². The molecular formula is C18H14Cl4N2O6. The Morgan fingerprint density at radius 2 is 1.53 bits per heavy atom. The summed E-state index contributed by atoms with van der Waals surface area (Å²) in [4.78, 5) is 34.7. The zero-order chi connectivity index (χ0) is 22.7. The number of amides is 1. The number of carboxylic acid groups (broad SMARTS) is 1. The van der Waals surface area contributed by atoms with Gasteiger partial charge in [-0.1, -0.05) is 65.5 Å². The lowest BCUT2D eigenvalue weighted by Crippen LogP contribution is -2.41. The summed E-state index contributed by atoms with van der Waals surface area (Å²) < 4.78 is 0. The van der Waals surface area contributed by atoms with Gasteiger partial charge in [0.2, 0.25) is 0 Å². The van der Waals surface area contributed by atoms with Crippen molar-refractivity contribution in [3.8, 4) is 0 Å². The Kier molecular flexibility index (Phi) is 7.90. The lowest BCUT2D eigenvalue weighted by atomic mass is 9.93. The predicted octanol–water partition coefficient (Wildman–Crippen LogP) is 4.80. The first-order chi connectivity index (χ1) is 14.0. The van der Waals surface area contributed by atoms with E-state index in [1.54, 1.807) is 6.92 Å². The molecule has 2 rings (SSSR count). The standard InChI is InChI=1S/C18H14Cl4N2O6/c1-7(8-2-4-9(5-3-8)24(29)30)10(6-25)23-17(26)11-12(18(27)28)14(20)16(22)15(21)13(11)19/h2-5,7,10,25H,6H2,1H3,(H,23,26)(H,27,28)/t7-,10-/m0/s1. The maximum atomic E-state index is 12.8. The second-order valence-electron chi connectivity index (χ2n) is 6.21. The molecule has 1 amide bonds. The van der Waals surface area contributed by atoms with Crippen molar-refractivity contribution in [1.82, 2.24) is 5.32 Å². The minimum absolute atomic E-state index is 0.112. The van der Waals surface area contributed by atoms with Crippen molar-refractivity contribution in [2.24, 2.45) is 0 Å². The van der Waals surface area contributed by atoms with Gasteiger partial charge in [-0.05, 0) is 5.56 Å². The van der Waals surface area contributed by atoms with Crippen LogP contribution in [0.15, 0.2) is 24.3 Å². The largest absolute Gasteiger partial charge is 0.478 e. The van der Waals surface area contributed by atoms with Crippen molar-refractivity contribution in [3.63, 3.8) is 0 Å². The maximum Gasteiger partial charge on any atom is 0.338 e. The molecule has 0 aromatic heterocycles. The summed E-state index contributed by atoms with van der Waals surface area (Å²) in [5.74, 6) is -2.98. The Morgan fingerprint density at radius 3 is 1.97 bits per heavy atom. The highest BCUT2D eigenvalue weighted by atomic mass is 35.5. The first kappa shape index (κ1) is 24.2. The van der Waals surface area contributed by atoms with E-state index in [9.17, 15) is 29.9 Å². The highest BCUT2D eigenvalue weighted by Crippen LogP contribution is 2.41. The Bertz CT molecular complexity index is 1010. The van der Waals surface area contributed by atoms with E-state index in [1.807, 2.05) is 0 Å². The van der Waals surface area contributed by atoms with Crippen LogP contribution < -0.4 is 5.32 Å². The number of nitro benzene ring substituents is 1. The van der Waals surface area contributed by atoms with Gasteiger partial charge in [0.15, 0.2) is 0 Å². The van der Waals surface area contributed by atoms with Gasteiger partial charge in [0.1, 0.15) is 0 Å². The Balaban J connectivity index is 2.40. The van der Waals surface area contributed by atoms with Crippen LogP contribution in [-0.2, 0) is 0 Å². The van der Waals surface area contributed by atoms with Gasteiger partial charge >= 0.3 is 5.97 Å². The number of halogens is 4. The molecule has 0 unspecified atom stereocenters. The van der Waals surface area contributed by atoms with E-state index >= 15 is 0 Å². The number of aliphatic hydroxyl groups excluding tert-OH is 1. The number of non-ortho nitro benzene ring substituents is 1. The summed E-state index contributed by atoms with van der Waals surface area (Å²) in [6.45, 7) is 1.16. The molecule has 0 radical (unpaired) electrons. The number of benzene rings is 2. The van der Waals surface area contributed by atoms with Crippen LogP contribution in [0, 0.1) is 10.1 Å². The topological polar surface area (TPSA) is 130 Å². The van der Waals surface area contributed by atoms with Crippen LogP contribution in [-0.4, -0.2) is 39.7 Å². The van der Waals surface area contributed by atoms with Crippen LogP contribution in [0.2, 0.25) is 20.1 Å². The SMILES string of the molecule is C[C@@H](c1ccc([N+](=O)[O-])cc1)[C@H](CO)NC(=O)c1c(Cl)c(Cl)c(Cl)c(Cl)c1C(=O)O. The zero-order valence-electron chi connectivity index (χ0n) is 15.2. The highest BCUT2D eigenvalue weighted by molar-refractivity contribution is 6.54. The summed E-state index contributed by atoms with van der Waals surface area (Å²) in [7, 11) is 0. The number of carbonyl (C=O) groups is 2. The molecule has 2 aromatic carbocycles. The Morgan fingerprint density at radius 1 is 1.03 bits per heavy atom. The number of carbonyl (C=O) groups excluding carboxylic acids is 1. The number of aliphatic hydroxyl groups is 1. The third-order valence-electron chi connectivity index (χ3n) is 4.45. The molecule has 12 heteroatoms. The molecule has 8 nitrogen and oxygen atoms in total. The van der Waals surface area contributed by atoms with E-state index in [0.29, 0.717) is 5.56 Å². The average molecular weight is 496 g/mol. The van der Waals surface area contributed by atoms with Crippen LogP contribution >= 0.6 is 46.4 Å². The summed E-state index contributed by atoms with van der Waals surface area (Å²) in [5.41, 5.74) is -0.651. The van der Waals surface area contributed by atoms with Crippen LogP contribution in [0.4, 0.5) is 5.69 Å². The molecule has 0 bridgehead atoms. The quantitative estimate of drug-likeness (QED) is 0.219. The molecular weight excluding hydrogens is 482 g/mol. The number of carboxylic acids is 1. The van der Waals surface area contributed by atoms with Gasteiger partial charge in [0.05, 0.1) is 48.8 Å². The molecule has 30 heavy (non-hydrogen) atoms. The Labute approximate surface area is 190 Å². The normalized spacial score (nSPS) is 12.9. The van der Waals surface area contributed by atoms with Crippen LogP contribution in [0.1, 0.15) is 39.1 Å². The number of hydrogen-bond acceptors (Lipinski definition) is 5. The highest BCUT2D eigenvalue weighted by Gasteiger charge is 2.31. The molecule has 0 aliphatic heterocycles. The molecule has 0 spiro atoms. The van der Waals surface area contributed by atoms with Gasteiger partial charge in [-0.25, -0.2) is 4.79 Å². The first-order valence-corrected chi connectivity index (χ1v) is 9.77. The number of hydrogen-bond donors (Lipinski definition) is 3. The molecule has 2 aromatic rings. The minimum atomic E-state index is -1.55. The van der Waals surface area contributed by atoms with Crippen molar-refractivity contribution in [2.45, 2.75) is 18.9 Å². The molecule has 3 N–H and O–H groups in total. The number of nitro groups is 1. The predicted molar refractivity (Wildman–Crippen MR) is 113 cm³/mol. The van der Waals surface area contributed by atoms with E-state index < -0.39 is 56.5 Å². The van der Waals surface area contributed by atoms with E-state index in [-0.39, 0.29) is 15.7 Å². The molecule has 0 aliphatic carbocycles. The molecule has 0 saturated carbocycles. The molecule has 0 fully saturated rings. The maximum absolute atomic E-state index is 12.8. The smallest absolute Gasteiger partial charge is 0.338 e. The minimum Gasteiger partial charge on any atom is -0.478 e. The summed E-state index contributed by atoms with van der Waals surface area (Å²) in [6, 6.07) is 4.68. The first-order valence-electron chi connectivity index (χ1n) is 8.26. The number of nitrogens with zero attached hydrogens (tertiary/aromatic N) is 1. The number of aromatic carboxylic acids is 1. The lowest BCUT2D eigenvalue weighted by Gasteiger charge is -2.24. The fourth-order valence-electron chi connectivity index (χ4n) is 2.75. The molecule has 2 atom stereocenters. The van der Waals surface area contributed by atoms with Gasteiger partial charge in [-0.2, -0.15) is 0 Å². The van der Waals surface area contributed by atoms with Crippen molar-refractivity contribution in [1.29, 1.82) is 0 Å². The van der Waals surface area contributed by atoms with Crippen molar-refractivity contribution in [2.75, 3.05) is 6.61 Å². The van der Waals surface area contributed by atoms with Crippen LogP contribution in [0.25, 0.3) is 0 Å². The second kappa shape index (κ2) is 9.80. The van der Waals surface area contributed by atoms with Gasteiger partial charge in [0, 0.05) is 18.1 Å². The second-order valence-corrected chi connectivity index (χ2v) is 7.72. The summed E-state index contributed by atoms with van der Waals surface area (Å²) in [6.07, 6.45) is 0. The molecule has 0 aliphatic rings. The van der Waals surface area contributed by atoms with E-state index in [0.717, 1.165) is 0 Å². The molecule has 160 valence electrons. The summed E-state index contributed by atoms with van der Waals surface area (Å²) >= 11 is 23.8. The lowest BCUT2D eigenvalue weighted by molar-refractivity contribution is -0.384. The number of rotatable bonds is 7. The Hall–Kier alpha value is -2.10. The monoisotopic (exact) mass is 494 g/mol. The van der Waals surface area contributed by atoms with Gasteiger partial charge in [0.25, 0.3) is 11.6 Å². The van der Waals surface area contributed by atoms with Gasteiger partial charge < -0.3 is 15.5 Å². The van der Waals surface area contributed by atoms with E-state index in [2.05, 4.69) is 5.32 Å². The molecule has 0 saturated heterocycles. The molecule has 0 heterocycles. The van der Waals surface area contributed by atoms with Crippen LogP contribution in [0.5, 0.6) is 0 Å². The zero-order valence-corrected chi connectivity index (χ0v) is 18.2. The van der Waals surface area contributed by atoms with E-state index in [4.69, 9.17) is 46.4 Å². The van der Waals surface area contributed by atoms with Crippen molar-refractivity contribution < 1.29 is 24.7 Å². The third-order valence-corrected chi connectivity index (χ3v) is 6.26. The van der Waals surface area contributed by atoms with Crippen LogP contribution in [0.3, 0.4) is 0 Å². The average Bonchev–Trinajstić information content (AvgIpc) is 2.71. The third kappa shape index (κ3) is 4.79. The number of nitrogens with one attached hydrogen (secondary N) is 1. The fourth-order valence-corrected chi connectivity index (χ4v) is 3.77. The van der Waals surface area contributed by atoms with Crippen molar-refractivity contribution in [3.05, 3.63) is 71.2 Å². The van der Waals surface area contributed by atoms with Crippen molar-refractivity contribution >= 4 is 64.0 Å². The van der Waals surface area contributed by atoms with Gasteiger partial charge in [-0.15, -0.1) is 0 Å².